The summed E-state index contributed by atoms with van der Waals surface area (Å²) in [5.74, 6) is 0.487. The molecule has 1 aromatic carbocycles. The summed E-state index contributed by atoms with van der Waals surface area (Å²) in [6, 6.07) is 8.36. The van der Waals surface area contributed by atoms with Crippen LogP contribution in [0.15, 0.2) is 29.2 Å². The van der Waals surface area contributed by atoms with E-state index in [2.05, 4.69) is 6.07 Å². The maximum atomic E-state index is 12.7. The van der Waals surface area contributed by atoms with Gasteiger partial charge in [0.1, 0.15) is 11.3 Å². The molecule has 0 spiro atoms. The third-order valence-corrected chi connectivity index (χ3v) is 5.51. The van der Waals surface area contributed by atoms with Crippen LogP contribution in [0.3, 0.4) is 0 Å². The molecule has 7 heteroatoms. The van der Waals surface area contributed by atoms with Gasteiger partial charge in [0.2, 0.25) is 10.0 Å². The van der Waals surface area contributed by atoms with E-state index in [0.29, 0.717) is 25.4 Å². The number of ether oxygens (including phenoxy) is 2. The molecule has 0 unspecified atom stereocenters. The molecule has 0 radical (unpaired) electrons. The van der Waals surface area contributed by atoms with Crippen LogP contribution < -0.4 is 4.74 Å². The quantitative estimate of drug-likeness (QED) is 0.821. The van der Waals surface area contributed by atoms with Crippen LogP contribution in [0.1, 0.15) is 13.3 Å². The van der Waals surface area contributed by atoms with Crippen LogP contribution in [0.25, 0.3) is 0 Å². The molecule has 1 aliphatic rings. The molecule has 0 amide bonds. The molecule has 0 aromatic heterocycles. The minimum atomic E-state index is -3.78. The van der Waals surface area contributed by atoms with Crippen molar-refractivity contribution in [3.63, 3.8) is 0 Å². The zero-order chi connectivity index (χ0) is 15.5. The van der Waals surface area contributed by atoms with Crippen LogP contribution in [0.2, 0.25) is 0 Å². The van der Waals surface area contributed by atoms with E-state index in [0.717, 1.165) is 4.31 Å². The number of benzene rings is 1. The van der Waals surface area contributed by atoms with Gasteiger partial charge < -0.3 is 9.47 Å². The summed E-state index contributed by atoms with van der Waals surface area (Å²) in [5, 5.41) is 9.38. The van der Waals surface area contributed by atoms with Gasteiger partial charge in [-0.05, 0) is 19.1 Å². The highest BCUT2D eigenvalue weighted by atomic mass is 32.2. The van der Waals surface area contributed by atoms with Crippen LogP contribution in [0, 0.1) is 11.3 Å². The van der Waals surface area contributed by atoms with Gasteiger partial charge in [0.15, 0.2) is 0 Å². The Balaban J connectivity index is 2.37. The van der Waals surface area contributed by atoms with Crippen molar-refractivity contribution in [1.82, 2.24) is 4.31 Å². The molecule has 1 heterocycles. The Morgan fingerprint density at radius 1 is 1.52 bits per heavy atom. The summed E-state index contributed by atoms with van der Waals surface area (Å²) < 4.78 is 37.1. The molecular formula is C14H18N2O4S. The smallest absolute Gasteiger partial charge is 0.244 e. The minimum Gasteiger partial charge on any atom is -0.494 e. The Morgan fingerprint density at radius 2 is 2.29 bits per heavy atom. The molecule has 2 rings (SSSR count). The van der Waals surface area contributed by atoms with Crippen molar-refractivity contribution in [2.45, 2.75) is 23.8 Å². The normalized spacial score (nSPS) is 22.2. The van der Waals surface area contributed by atoms with E-state index in [9.17, 15) is 13.7 Å². The van der Waals surface area contributed by atoms with Gasteiger partial charge in [-0.25, -0.2) is 8.42 Å². The maximum absolute atomic E-state index is 12.7. The first kappa shape index (κ1) is 15.8. The monoisotopic (exact) mass is 310 g/mol. The molecule has 114 valence electrons. The second-order valence-electron chi connectivity index (χ2n) is 4.83. The molecule has 0 aliphatic carbocycles. The lowest BCUT2D eigenvalue weighted by atomic mass is 10.0. The lowest BCUT2D eigenvalue weighted by Crippen LogP contribution is -2.49. The van der Waals surface area contributed by atoms with Crippen molar-refractivity contribution in [2.24, 2.45) is 0 Å². The largest absolute Gasteiger partial charge is 0.494 e. The standard InChI is InChI=1S/C14H18N2O4S/c1-3-20-12-5-4-6-13(9-12)21(17,18)16(2)14(10-15)7-8-19-11-14/h4-6,9H,3,7-8,11H2,1-2H3/t14-/m0/s1. The van der Waals surface area contributed by atoms with Gasteiger partial charge in [0, 0.05) is 26.1 Å². The predicted octanol–water partition coefficient (Wildman–Crippen LogP) is 1.39. The molecule has 1 fully saturated rings. The van der Waals surface area contributed by atoms with Crippen molar-refractivity contribution in [1.29, 1.82) is 5.26 Å². The van der Waals surface area contributed by atoms with Gasteiger partial charge in [0.25, 0.3) is 0 Å². The zero-order valence-electron chi connectivity index (χ0n) is 12.1. The second-order valence-corrected chi connectivity index (χ2v) is 6.80. The zero-order valence-corrected chi connectivity index (χ0v) is 12.9. The Morgan fingerprint density at radius 3 is 2.86 bits per heavy atom. The SMILES string of the molecule is CCOc1cccc(S(=O)(=O)N(C)[C@]2(C#N)CCOC2)c1. The summed E-state index contributed by atoms with van der Waals surface area (Å²) in [4.78, 5) is 0.109. The number of hydrogen-bond acceptors (Lipinski definition) is 5. The van der Waals surface area contributed by atoms with Crippen molar-refractivity contribution in [3.05, 3.63) is 24.3 Å². The van der Waals surface area contributed by atoms with E-state index in [1.165, 1.54) is 19.2 Å². The highest BCUT2D eigenvalue weighted by molar-refractivity contribution is 7.89. The molecule has 1 aromatic rings. The fourth-order valence-corrected chi connectivity index (χ4v) is 3.72. The number of sulfonamides is 1. The Hall–Kier alpha value is -1.62. The summed E-state index contributed by atoms with van der Waals surface area (Å²) in [6.45, 7) is 2.75. The number of nitrogens with zero attached hydrogens (tertiary/aromatic N) is 2. The first-order valence-electron chi connectivity index (χ1n) is 6.67. The van der Waals surface area contributed by atoms with Gasteiger partial charge in [-0.3, -0.25) is 0 Å². The van der Waals surface area contributed by atoms with Crippen molar-refractivity contribution < 1.29 is 17.9 Å². The van der Waals surface area contributed by atoms with Crippen LogP contribution in [-0.4, -0.2) is 45.1 Å². The number of nitriles is 1. The Kier molecular flexibility index (Phi) is 4.52. The second kappa shape index (κ2) is 6.02. The molecule has 0 N–H and O–H groups in total. The van der Waals surface area contributed by atoms with Gasteiger partial charge in [0.05, 0.1) is 24.2 Å². The molecule has 1 aliphatic heterocycles. The number of rotatable bonds is 5. The van der Waals surface area contributed by atoms with E-state index in [1.54, 1.807) is 12.1 Å². The summed E-state index contributed by atoms with van der Waals surface area (Å²) in [6.07, 6.45) is 0.365. The van der Waals surface area contributed by atoms with Gasteiger partial charge in [-0.15, -0.1) is 0 Å². The number of hydrogen-bond donors (Lipinski definition) is 0. The van der Waals surface area contributed by atoms with E-state index in [4.69, 9.17) is 9.47 Å². The van der Waals surface area contributed by atoms with E-state index in [1.807, 2.05) is 6.92 Å². The van der Waals surface area contributed by atoms with Gasteiger partial charge >= 0.3 is 0 Å². The molecule has 6 nitrogen and oxygen atoms in total. The lowest BCUT2D eigenvalue weighted by molar-refractivity contribution is 0.162. The van der Waals surface area contributed by atoms with Crippen molar-refractivity contribution in [2.75, 3.05) is 26.9 Å². The summed E-state index contributed by atoms with van der Waals surface area (Å²) in [5.41, 5.74) is -1.14. The molecule has 1 atom stereocenters. The van der Waals surface area contributed by atoms with Crippen LogP contribution in [-0.2, 0) is 14.8 Å². The third-order valence-electron chi connectivity index (χ3n) is 3.59. The molecular weight excluding hydrogens is 292 g/mol. The molecule has 1 saturated heterocycles. The third kappa shape index (κ3) is 2.88. The molecule has 0 bridgehead atoms. The molecule has 21 heavy (non-hydrogen) atoms. The highest BCUT2D eigenvalue weighted by Gasteiger charge is 2.45. The minimum absolute atomic E-state index is 0.0877. The van der Waals surface area contributed by atoms with E-state index < -0.39 is 15.6 Å². The fourth-order valence-electron chi connectivity index (χ4n) is 2.24. The maximum Gasteiger partial charge on any atom is 0.244 e. The van der Waals surface area contributed by atoms with E-state index >= 15 is 0 Å². The van der Waals surface area contributed by atoms with Crippen molar-refractivity contribution >= 4 is 10.0 Å². The first-order chi connectivity index (χ1) is 9.96. The Labute approximate surface area is 124 Å². The summed E-state index contributed by atoms with van der Waals surface area (Å²) >= 11 is 0. The topological polar surface area (TPSA) is 79.6 Å². The van der Waals surface area contributed by atoms with Crippen LogP contribution in [0.4, 0.5) is 0 Å². The average Bonchev–Trinajstić information content (AvgIpc) is 2.97. The van der Waals surface area contributed by atoms with Crippen molar-refractivity contribution in [3.8, 4) is 11.8 Å². The summed E-state index contributed by atoms with van der Waals surface area (Å²) in [7, 11) is -2.37. The highest BCUT2D eigenvalue weighted by Crippen LogP contribution is 2.30. The Bertz CT molecular complexity index is 645. The van der Waals surface area contributed by atoms with Crippen LogP contribution in [0.5, 0.6) is 5.75 Å². The van der Waals surface area contributed by atoms with Crippen LogP contribution >= 0.6 is 0 Å². The predicted molar refractivity (Wildman–Crippen MR) is 76.3 cm³/mol. The lowest BCUT2D eigenvalue weighted by Gasteiger charge is -2.30. The fraction of sp³-hybridized carbons (Fsp3) is 0.500. The van der Waals surface area contributed by atoms with Gasteiger partial charge in [-0.1, -0.05) is 6.07 Å². The number of likely N-dealkylation sites (N-methyl/N-ethyl adjacent to an activating group) is 1. The van der Waals surface area contributed by atoms with Gasteiger partial charge in [-0.2, -0.15) is 9.57 Å². The molecule has 0 saturated carbocycles. The van der Waals surface area contributed by atoms with E-state index in [-0.39, 0.29) is 11.5 Å². The first-order valence-corrected chi connectivity index (χ1v) is 8.11. The average molecular weight is 310 g/mol.